The minimum absolute atomic E-state index is 0.127. The van der Waals surface area contributed by atoms with Gasteiger partial charge in [0.1, 0.15) is 23.3 Å². The van der Waals surface area contributed by atoms with Gasteiger partial charge in [0.15, 0.2) is 5.78 Å². The molecule has 0 saturated heterocycles. The van der Waals surface area contributed by atoms with Gasteiger partial charge in [-0.3, -0.25) is 9.59 Å². The molecule has 5 heteroatoms. The molecule has 1 saturated carbocycles. The van der Waals surface area contributed by atoms with Crippen LogP contribution in [-0.4, -0.2) is 23.5 Å². The third kappa shape index (κ3) is 2.23. The van der Waals surface area contributed by atoms with E-state index in [9.17, 15) is 14.7 Å². The van der Waals surface area contributed by atoms with Crippen molar-refractivity contribution in [3.05, 3.63) is 11.3 Å². The topological polar surface area (TPSA) is 87.4 Å². The number of Topliss-reactive ketones (excluding diaryl/α,β-unsaturated/α-hetero) is 1. The Morgan fingerprint density at radius 2 is 2.16 bits per heavy atom. The van der Waals surface area contributed by atoms with E-state index in [4.69, 9.17) is 10.00 Å². The summed E-state index contributed by atoms with van der Waals surface area (Å²) in [6.07, 6.45) is 3.29. The smallest absolute Gasteiger partial charge is 0.317 e. The van der Waals surface area contributed by atoms with Crippen molar-refractivity contribution in [1.29, 1.82) is 5.26 Å². The van der Waals surface area contributed by atoms with Crippen LogP contribution in [0.1, 0.15) is 32.6 Å². The molecule has 1 N–H and O–H groups in total. The standard InChI is InChI=1S/C14H17NO4/c1-2-19-14(18)11-8-5-3-4-6-9(8)12(16)10(7-15)13(11)17/h8-9,11,16H,2-6H2,1H3/t8-,9+,11-/m0/s1. The average molecular weight is 263 g/mol. The average Bonchev–Trinajstić information content (AvgIpc) is 2.40. The number of allylic oxidation sites excluding steroid dienone is 2. The van der Waals surface area contributed by atoms with Crippen molar-refractivity contribution in [1.82, 2.24) is 0 Å². The number of hydrogen-bond acceptors (Lipinski definition) is 5. The van der Waals surface area contributed by atoms with E-state index in [1.807, 2.05) is 0 Å². The number of ether oxygens (including phenoxy) is 1. The number of nitrogens with zero attached hydrogens (tertiary/aromatic N) is 1. The summed E-state index contributed by atoms with van der Waals surface area (Å²) >= 11 is 0. The fourth-order valence-electron chi connectivity index (χ4n) is 3.19. The van der Waals surface area contributed by atoms with Crippen LogP contribution in [0.25, 0.3) is 0 Å². The molecule has 0 aromatic carbocycles. The highest BCUT2D eigenvalue weighted by Gasteiger charge is 2.48. The molecular formula is C14H17NO4. The fraction of sp³-hybridized carbons (Fsp3) is 0.643. The van der Waals surface area contributed by atoms with E-state index < -0.39 is 17.7 Å². The van der Waals surface area contributed by atoms with Crippen LogP contribution in [0.5, 0.6) is 0 Å². The van der Waals surface area contributed by atoms with Crippen molar-refractivity contribution >= 4 is 11.8 Å². The number of ketones is 1. The largest absolute Gasteiger partial charge is 0.510 e. The summed E-state index contributed by atoms with van der Waals surface area (Å²) in [5.41, 5.74) is -0.263. The van der Waals surface area contributed by atoms with Gasteiger partial charge < -0.3 is 9.84 Å². The second kappa shape index (κ2) is 5.43. The third-order valence-electron chi connectivity index (χ3n) is 4.04. The molecule has 0 unspecified atom stereocenters. The molecule has 0 spiro atoms. The number of carbonyl (C=O) groups is 2. The van der Waals surface area contributed by atoms with E-state index >= 15 is 0 Å². The molecule has 19 heavy (non-hydrogen) atoms. The summed E-state index contributed by atoms with van der Waals surface area (Å²) in [6.45, 7) is 1.89. The minimum Gasteiger partial charge on any atom is -0.510 e. The third-order valence-corrected chi connectivity index (χ3v) is 4.04. The lowest BCUT2D eigenvalue weighted by Crippen LogP contribution is -2.43. The van der Waals surface area contributed by atoms with Crippen LogP contribution in [0.2, 0.25) is 0 Å². The molecule has 2 rings (SSSR count). The van der Waals surface area contributed by atoms with E-state index in [0.717, 1.165) is 12.8 Å². The molecular weight excluding hydrogens is 246 g/mol. The van der Waals surface area contributed by atoms with Gasteiger partial charge in [0.2, 0.25) is 0 Å². The Bertz CT molecular complexity index is 474. The Morgan fingerprint density at radius 3 is 2.79 bits per heavy atom. The summed E-state index contributed by atoms with van der Waals surface area (Å²) in [4.78, 5) is 24.2. The molecule has 3 atom stereocenters. The van der Waals surface area contributed by atoms with Gasteiger partial charge in [-0.15, -0.1) is 0 Å². The molecule has 0 amide bonds. The number of rotatable bonds is 2. The number of nitriles is 1. The van der Waals surface area contributed by atoms with Crippen molar-refractivity contribution in [2.75, 3.05) is 6.61 Å². The van der Waals surface area contributed by atoms with Crippen LogP contribution < -0.4 is 0 Å². The SMILES string of the molecule is CCOC(=O)[C@@H]1C(=O)C(C#N)=C(O)[C@@H]2CCCC[C@H]12. The van der Waals surface area contributed by atoms with E-state index in [0.29, 0.717) is 12.8 Å². The predicted molar refractivity (Wildman–Crippen MR) is 65.8 cm³/mol. The zero-order chi connectivity index (χ0) is 14.0. The van der Waals surface area contributed by atoms with Crippen molar-refractivity contribution in [2.45, 2.75) is 32.6 Å². The number of aliphatic hydroxyl groups is 1. The van der Waals surface area contributed by atoms with Crippen molar-refractivity contribution < 1.29 is 19.4 Å². The first-order valence-corrected chi connectivity index (χ1v) is 6.65. The maximum atomic E-state index is 12.2. The highest BCUT2D eigenvalue weighted by atomic mass is 16.5. The molecule has 5 nitrogen and oxygen atoms in total. The van der Waals surface area contributed by atoms with Crippen LogP contribution >= 0.6 is 0 Å². The van der Waals surface area contributed by atoms with Gasteiger partial charge in [0, 0.05) is 5.92 Å². The molecule has 0 bridgehead atoms. The van der Waals surface area contributed by atoms with Gasteiger partial charge in [-0.1, -0.05) is 12.8 Å². The molecule has 2 aliphatic rings. The molecule has 1 fully saturated rings. The summed E-state index contributed by atoms with van der Waals surface area (Å²) in [6, 6.07) is 1.74. The summed E-state index contributed by atoms with van der Waals surface area (Å²) in [7, 11) is 0. The van der Waals surface area contributed by atoms with Crippen molar-refractivity contribution in [3.8, 4) is 6.07 Å². The normalized spacial score (nSPS) is 30.5. The number of aliphatic hydroxyl groups excluding tert-OH is 1. The number of esters is 1. The summed E-state index contributed by atoms with van der Waals surface area (Å²) in [5.74, 6) is -2.67. The summed E-state index contributed by atoms with van der Waals surface area (Å²) in [5, 5.41) is 19.1. The van der Waals surface area contributed by atoms with Gasteiger partial charge in [0.25, 0.3) is 0 Å². The molecule has 0 aromatic heterocycles. The Balaban J connectivity index is 2.41. The van der Waals surface area contributed by atoms with Crippen LogP contribution in [0, 0.1) is 29.1 Å². The van der Waals surface area contributed by atoms with Crippen molar-refractivity contribution in [2.24, 2.45) is 17.8 Å². The van der Waals surface area contributed by atoms with Crippen LogP contribution in [0.3, 0.4) is 0 Å². The van der Waals surface area contributed by atoms with Gasteiger partial charge >= 0.3 is 5.97 Å². The van der Waals surface area contributed by atoms with Crippen LogP contribution in [0.15, 0.2) is 11.3 Å². The van der Waals surface area contributed by atoms with Gasteiger partial charge in [-0.2, -0.15) is 5.26 Å². The Hall–Kier alpha value is -1.83. The van der Waals surface area contributed by atoms with Gasteiger partial charge in [-0.05, 0) is 25.7 Å². The first-order chi connectivity index (χ1) is 9.11. The predicted octanol–water partition coefficient (Wildman–Crippen LogP) is 1.89. The molecule has 0 heterocycles. The van der Waals surface area contributed by atoms with E-state index in [-0.39, 0.29) is 29.8 Å². The zero-order valence-corrected chi connectivity index (χ0v) is 10.9. The Kier molecular flexibility index (Phi) is 3.89. The monoisotopic (exact) mass is 263 g/mol. The van der Waals surface area contributed by atoms with E-state index in [1.165, 1.54) is 0 Å². The lowest BCUT2D eigenvalue weighted by Gasteiger charge is -2.38. The van der Waals surface area contributed by atoms with Gasteiger partial charge in [-0.25, -0.2) is 0 Å². The molecule has 0 aliphatic heterocycles. The highest BCUT2D eigenvalue weighted by Crippen LogP contribution is 2.44. The lowest BCUT2D eigenvalue weighted by molar-refractivity contribution is -0.155. The second-order valence-corrected chi connectivity index (χ2v) is 5.02. The molecule has 0 aromatic rings. The van der Waals surface area contributed by atoms with Gasteiger partial charge in [0.05, 0.1) is 6.61 Å². The molecule has 102 valence electrons. The lowest BCUT2D eigenvalue weighted by atomic mass is 9.65. The first-order valence-electron chi connectivity index (χ1n) is 6.65. The van der Waals surface area contributed by atoms with E-state index in [1.54, 1.807) is 13.0 Å². The summed E-state index contributed by atoms with van der Waals surface area (Å²) < 4.78 is 4.96. The highest BCUT2D eigenvalue weighted by molar-refractivity contribution is 6.11. The molecule has 0 radical (unpaired) electrons. The van der Waals surface area contributed by atoms with Crippen LogP contribution in [0.4, 0.5) is 0 Å². The number of fused-ring (bicyclic) bond motifs is 1. The maximum absolute atomic E-state index is 12.2. The Morgan fingerprint density at radius 1 is 1.47 bits per heavy atom. The molecule has 2 aliphatic carbocycles. The second-order valence-electron chi connectivity index (χ2n) is 5.02. The quantitative estimate of drug-likeness (QED) is 0.607. The first kappa shape index (κ1) is 13.6. The van der Waals surface area contributed by atoms with E-state index in [2.05, 4.69) is 0 Å². The van der Waals surface area contributed by atoms with Crippen LogP contribution in [-0.2, 0) is 14.3 Å². The maximum Gasteiger partial charge on any atom is 0.317 e. The minimum atomic E-state index is -0.921. The fourth-order valence-corrected chi connectivity index (χ4v) is 3.19. The number of carbonyl (C=O) groups excluding carboxylic acids is 2. The zero-order valence-electron chi connectivity index (χ0n) is 10.9. The van der Waals surface area contributed by atoms with Crippen molar-refractivity contribution in [3.63, 3.8) is 0 Å². The Labute approximate surface area is 111 Å². The number of hydrogen-bond donors (Lipinski definition) is 1.